The third-order valence-electron chi connectivity index (χ3n) is 6.05. The molecule has 26 heavy (non-hydrogen) atoms. The number of fused-ring (bicyclic) bond motifs is 3. The van der Waals surface area contributed by atoms with Crippen molar-refractivity contribution < 1.29 is 14.3 Å². The minimum atomic E-state index is -0.626. The highest BCUT2D eigenvalue weighted by molar-refractivity contribution is 6.31. The van der Waals surface area contributed by atoms with E-state index in [-0.39, 0.29) is 17.9 Å². The minimum absolute atomic E-state index is 0.155. The van der Waals surface area contributed by atoms with E-state index in [4.69, 9.17) is 16.3 Å². The SMILES string of the molecule is CC1Oc2c(C(=O)NC3CC4CCC(C3)N4C)cc(Cl)cc2N(C)C1=O. The van der Waals surface area contributed by atoms with Gasteiger partial charge in [0.05, 0.1) is 11.3 Å². The van der Waals surface area contributed by atoms with Gasteiger partial charge >= 0.3 is 0 Å². The van der Waals surface area contributed by atoms with E-state index in [9.17, 15) is 9.59 Å². The Kier molecular flexibility index (Phi) is 4.35. The first-order valence-electron chi connectivity index (χ1n) is 9.15. The Bertz CT molecular complexity index is 755. The maximum absolute atomic E-state index is 13.0. The van der Waals surface area contributed by atoms with E-state index in [1.165, 1.54) is 17.7 Å². The molecule has 2 amide bonds. The molecule has 0 saturated carbocycles. The fourth-order valence-corrected chi connectivity index (χ4v) is 4.74. The molecule has 7 heteroatoms. The van der Waals surface area contributed by atoms with E-state index in [0.29, 0.717) is 34.1 Å². The van der Waals surface area contributed by atoms with Gasteiger partial charge in [0.15, 0.2) is 11.9 Å². The molecule has 1 aromatic carbocycles. The third-order valence-corrected chi connectivity index (χ3v) is 6.26. The summed E-state index contributed by atoms with van der Waals surface area (Å²) >= 11 is 6.21. The van der Waals surface area contributed by atoms with Gasteiger partial charge in [-0.25, -0.2) is 0 Å². The van der Waals surface area contributed by atoms with Gasteiger partial charge in [-0.15, -0.1) is 0 Å². The molecule has 1 aromatic rings. The Balaban J connectivity index is 1.59. The first-order chi connectivity index (χ1) is 12.3. The zero-order chi connectivity index (χ0) is 18.6. The number of nitrogens with zero attached hydrogens (tertiary/aromatic N) is 2. The Hall–Kier alpha value is -1.79. The fourth-order valence-electron chi connectivity index (χ4n) is 4.53. The zero-order valence-electron chi connectivity index (χ0n) is 15.3. The topological polar surface area (TPSA) is 61.9 Å². The lowest BCUT2D eigenvalue weighted by molar-refractivity contribution is -0.125. The zero-order valence-corrected chi connectivity index (χ0v) is 16.0. The van der Waals surface area contributed by atoms with Gasteiger partial charge < -0.3 is 19.9 Å². The standard InChI is InChI=1S/C19H24ClN3O3/c1-10-19(25)23(3)16-7-11(20)6-15(17(16)26-10)18(24)21-12-8-13-4-5-14(9-12)22(13)2/h6-7,10,12-14H,4-5,8-9H2,1-3H3,(H,21,24). The van der Waals surface area contributed by atoms with Crippen molar-refractivity contribution in [2.45, 2.75) is 56.8 Å². The van der Waals surface area contributed by atoms with Gasteiger partial charge in [0.25, 0.3) is 11.8 Å². The predicted octanol–water partition coefficient (Wildman–Crippen LogP) is 2.44. The molecule has 3 atom stereocenters. The number of carbonyl (C=O) groups excluding carboxylic acids is 2. The van der Waals surface area contributed by atoms with Gasteiger partial charge in [0, 0.05) is 30.2 Å². The van der Waals surface area contributed by atoms with Crippen LogP contribution in [0.2, 0.25) is 5.02 Å². The van der Waals surface area contributed by atoms with Gasteiger partial charge in [-0.1, -0.05) is 11.6 Å². The van der Waals surface area contributed by atoms with Crippen molar-refractivity contribution in [3.63, 3.8) is 0 Å². The Morgan fingerprint density at radius 3 is 2.54 bits per heavy atom. The maximum atomic E-state index is 13.0. The molecule has 0 aliphatic carbocycles. The van der Waals surface area contributed by atoms with E-state index >= 15 is 0 Å². The van der Waals surface area contributed by atoms with Crippen molar-refractivity contribution in [2.24, 2.45) is 0 Å². The molecule has 3 aliphatic rings. The Morgan fingerprint density at radius 2 is 1.88 bits per heavy atom. The number of amides is 2. The molecule has 3 unspecified atom stereocenters. The van der Waals surface area contributed by atoms with Crippen LogP contribution in [0.25, 0.3) is 0 Å². The van der Waals surface area contributed by atoms with Crippen LogP contribution in [0.4, 0.5) is 5.69 Å². The fraction of sp³-hybridized carbons (Fsp3) is 0.579. The lowest BCUT2D eigenvalue weighted by Crippen LogP contribution is -2.49. The molecular formula is C19H24ClN3O3. The van der Waals surface area contributed by atoms with Crippen molar-refractivity contribution in [2.75, 3.05) is 19.0 Å². The van der Waals surface area contributed by atoms with Crippen LogP contribution >= 0.6 is 11.6 Å². The summed E-state index contributed by atoms with van der Waals surface area (Å²) in [6.45, 7) is 1.69. The van der Waals surface area contributed by atoms with Crippen LogP contribution < -0.4 is 15.0 Å². The van der Waals surface area contributed by atoms with Crippen molar-refractivity contribution in [3.8, 4) is 5.75 Å². The molecule has 2 bridgehead atoms. The molecule has 1 N–H and O–H groups in total. The highest BCUT2D eigenvalue weighted by Crippen LogP contribution is 2.39. The summed E-state index contributed by atoms with van der Waals surface area (Å²) in [6, 6.07) is 4.54. The monoisotopic (exact) mass is 377 g/mol. The molecule has 2 fully saturated rings. The third kappa shape index (κ3) is 2.85. The number of benzene rings is 1. The highest BCUT2D eigenvalue weighted by Gasteiger charge is 2.39. The Morgan fingerprint density at radius 1 is 1.23 bits per heavy atom. The van der Waals surface area contributed by atoms with Crippen molar-refractivity contribution >= 4 is 29.1 Å². The summed E-state index contributed by atoms with van der Waals surface area (Å²) in [4.78, 5) is 29.1. The van der Waals surface area contributed by atoms with E-state index in [1.807, 2.05) is 0 Å². The summed E-state index contributed by atoms with van der Waals surface area (Å²) in [5, 5.41) is 3.58. The smallest absolute Gasteiger partial charge is 0.267 e. The van der Waals surface area contributed by atoms with E-state index < -0.39 is 6.10 Å². The molecule has 0 radical (unpaired) electrons. The number of nitrogens with one attached hydrogen (secondary N) is 1. The number of piperidine rings is 1. The molecule has 3 heterocycles. The first-order valence-corrected chi connectivity index (χ1v) is 9.53. The normalized spacial score (nSPS) is 30.8. The second kappa shape index (κ2) is 6.43. The second-order valence-electron chi connectivity index (χ2n) is 7.65. The van der Waals surface area contributed by atoms with Crippen LogP contribution in [-0.2, 0) is 4.79 Å². The summed E-state index contributed by atoms with van der Waals surface area (Å²) in [5.41, 5.74) is 0.930. The van der Waals surface area contributed by atoms with E-state index in [1.54, 1.807) is 26.1 Å². The summed E-state index contributed by atoms with van der Waals surface area (Å²) < 4.78 is 5.76. The lowest BCUT2D eigenvalue weighted by Gasteiger charge is -2.37. The number of hydrogen-bond donors (Lipinski definition) is 1. The van der Waals surface area contributed by atoms with Crippen LogP contribution in [0.5, 0.6) is 5.75 Å². The number of hydrogen-bond acceptors (Lipinski definition) is 4. The predicted molar refractivity (Wildman–Crippen MR) is 100 cm³/mol. The molecule has 4 rings (SSSR count). The van der Waals surface area contributed by atoms with Gasteiger partial charge in [-0.2, -0.15) is 0 Å². The van der Waals surface area contributed by atoms with Gasteiger partial charge in [-0.05, 0) is 51.8 Å². The maximum Gasteiger partial charge on any atom is 0.267 e. The van der Waals surface area contributed by atoms with Crippen molar-refractivity contribution in [1.82, 2.24) is 10.2 Å². The van der Waals surface area contributed by atoms with Crippen LogP contribution in [0, 0.1) is 0 Å². The van der Waals surface area contributed by atoms with Gasteiger partial charge in [0.2, 0.25) is 0 Å². The molecule has 2 saturated heterocycles. The van der Waals surface area contributed by atoms with Gasteiger partial charge in [0.1, 0.15) is 0 Å². The number of carbonyl (C=O) groups is 2. The molecular weight excluding hydrogens is 354 g/mol. The van der Waals surface area contributed by atoms with Crippen LogP contribution in [-0.4, -0.2) is 55.0 Å². The Labute approximate surface area is 158 Å². The molecule has 0 aromatic heterocycles. The number of likely N-dealkylation sites (N-methyl/N-ethyl adjacent to an activating group) is 1. The largest absolute Gasteiger partial charge is 0.478 e. The van der Waals surface area contributed by atoms with Crippen molar-refractivity contribution in [3.05, 3.63) is 22.7 Å². The minimum Gasteiger partial charge on any atom is -0.478 e. The first kappa shape index (κ1) is 17.6. The molecule has 6 nitrogen and oxygen atoms in total. The summed E-state index contributed by atoms with van der Waals surface area (Å²) in [6.07, 6.45) is 3.72. The summed E-state index contributed by atoms with van der Waals surface area (Å²) in [5.74, 6) is 0.0862. The number of rotatable bonds is 2. The highest BCUT2D eigenvalue weighted by atomic mass is 35.5. The number of halogens is 1. The van der Waals surface area contributed by atoms with E-state index in [0.717, 1.165) is 12.8 Å². The number of ether oxygens (including phenoxy) is 1. The van der Waals surface area contributed by atoms with E-state index in [2.05, 4.69) is 17.3 Å². The lowest BCUT2D eigenvalue weighted by atomic mass is 9.97. The van der Waals surface area contributed by atoms with Crippen LogP contribution in [0.3, 0.4) is 0 Å². The average Bonchev–Trinajstić information content (AvgIpc) is 2.81. The second-order valence-corrected chi connectivity index (χ2v) is 8.09. The molecule has 140 valence electrons. The summed E-state index contributed by atoms with van der Waals surface area (Å²) in [7, 11) is 3.85. The average molecular weight is 378 g/mol. The quantitative estimate of drug-likeness (QED) is 0.859. The van der Waals surface area contributed by atoms with Crippen LogP contribution in [0.1, 0.15) is 43.0 Å². The molecule has 3 aliphatic heterocycles. The molecule has 0 spiro atoms. The number of anilines is 1. The van der Waals surface area contributed by atoms with Gasteiger partial charge in [-0.3, -0.25) is 9.59 Å². The van der Waals surface area contributed by atoms with Crippen LogP contribution in [0.15, 0.2) is 12.1 Å². The van der Waals surface area contributed by atoms with Crippen molar-refractivity contribution in [1.29, 1.82) is 0 Å².